The fraction of sp³-hybridized carbons (Fsp3) is 0.423. The highest BCUT2D eigenvalue weighted by Crippen LogP contribution is 2.48. The van der Waals surface area contributed by atoms with Gasteiger partial charge in [-0.2, -0.15) is 0 Å². The van der Waals surface area contributed by atoms with Gasteiger partial charge < -0.3 is 24.8 Å². The highest BCUT2D eigenvalue weighted by molar-refractivity contribution is 6.09. The summed E-state index contributed by atoms with van der Waals surface area (Å²) >= 11 is 0. The number of aliphatic hydroxyl groups excluding tert-OH is 1. The molecule has 1 aliphatic rings. The summed E-state index contributed by atoms with van der Waals surface area (Å²) in [5, 5.41) is 31.5. The highest BCUT2D eigenvalue weighted by atomic mass is 16.5. The largest absolute Gasteiger partial charge is 0.508 e. The van der Waals surface area contributed by atoms with Crippen LogP contribution in [0.5, 0.6) is 17.2 Å². The Kier molecular flexibility index (Phi) is 7.26. The van der Waals surface area contributed by atoms with E-state index >= 15 is 0 Å². The van der Waals surface area contributed by atoms with Gasteiger partial charge in [-0.15, -0.1) is 0 Å². The second kappa shape index (κ2) is 9.76. The van der Waals surface area contributed by atoms with Gasteiger partial charge in [0.05, 0.1) is 18.2 Å². The molecule has 6 nitrogen and oxygen atoms in total. The van der Waals surface area contributed by atoms with Crippen molar-refractivity contribution in [3.8, 4) is 17.2 Å². The number of fused-ring (bicyclic) bond motifs is 1. The van der Waals surface area contributed by atoms with Gasteiger partial charge >= 0.3 is 0 Å². The van der Waals surface area contributed by atoms with Gasteiger partial charge in [0.2, 0.25) is 0 Å². The summed E-state index contributed by atoms with van der Waals surface area (Å²) in [6.07, 6.45) is 3.25. The fourth-order valence-electron chi connectivity index (χ4n) is 4.03. The number of carbonyl (C=O) groups is 1. The lowest BCUT2D eigenvalue weighted by Crippen LogP contribution is -2.44. The predicted molar refractivity (Wildman–Crippen MR) is 123 cm³/mol. The van der Waals surface area contributed by atoms with Crippen molar-refractivity contribution >= 4 is 11.9 Å². The van der Waals surface area contributed by atoms with Crippen molar-refractivity contribution in [1.29, 1.82) is 0 Å². The van der Waals surface area contributed by atoms with E-state index in [1.165, 1.54) is 13.2 Å². The lowest BCUT2D eigenvalue weighted by molar-refractivity contribution is -0.0932. The molecule has 3 atom stereocenters. The normalized spacial score (nSPS) is 19.6. The van der Waals surface area contributed by atoms with Crippen LogP contribution in [0.2, 0.25) is 0 Å². The third kappa shape index (κ3) is 5.14. The summed E-state index contributed by atoms with van der Waals surface area (Å²) in [6.45, 7) is 5.91. The molecule has 172 valence electrons. The number of benzene rings is 2. The molecule has 6 heteroatoms. The molecule has 2 aromatic rings. The maximum atomic E-state index is 13.0. The van der Waals surface area contributed by atoms with Gasteiger partial charge in [0.1, 0.15) is 29.0 Å². The Morgan fingerprint density at radius 3 is 2.53 bits per heavy atom. The van der Waals surface area contributed by atoms with Crippen LogP contribution >= 0.6 is 0 Å². The number of ketones is 1. The quantitative estimate of drug-likeness (QED) is 0.387. The molecule has 0 fully saturated rings. The Morgan fingerprint density at radius 1 is 1.22 bits per heavy atom. The SMILES string of the molecule is COc1ccc(C(=O)/C=C/c2ccc(O)cc2)c2c1C(O)C(C(C)(O)CCCC(C)C)O2. The Hall–Kier alpha value is -2.83. The Bertz CT molecular complexity index is 975. The van der Waals surface area contributed by atoms with E-state index in [2.05, 4.69) is 13.8 Å². The minimum atomic E-state index is -1.28. The van der Waals surface area contributed by atoms with Gasteiger partial charge in [-0.05, 0) is 55.2 Å². The summed E-state index contributed by atoms with van der Waals surface area (Å²) in [5.41, 5.74) is 0.148. The molecule has 0 amide bonds. The van der Waals surface area contributed by atoms with E-state index in [1.54, 1.807) is 49.4 Å². The molecule has 0 aliphatic carbocycles. The third-order valence-electron chi connectivity index (χ3n) is 5.87. The van der Waals surface area contributed by atoms with Crippen molar-refractivity contribution in [3.05, 3.63) is 59.2 Å². The van der Waals surface area contributed by atoms with Gasteiger partial charge in [-0.1, -0.05) is 44.9 Å². The fourth-order valence-corrected chi connectivity index (χ4v) is 4.03. The van der Waals surface area contributed by atoms with E-state index in [4.69, 9.17) is 9.47 Å². The molecule has 0 spiro atoms. The van der Waals surface area contributed by atoms with Crippen molar-refractivity contribution in [2.24, 2.45) is 5.92 Å². The molecular weight excluding hydrogens is 408 g/mol. The van der Waals surface area contributed by atoms with Crippen LogP contribution in [-0.4, -0.2) is 39.9 Å². The van der Waals surface area contributed by atoms with E-state index in [1.807, 2.05) is 0 Å². The third-order valence-corrected chi connectivity index (χ3v) is 5.87. The summed E-state index contributed by atoms with van der Waals surface area (Å²) in [4.78, 5) is 13.0. The molecule has 2 aromatic carbocycles. The molecule has 3 N–H and O–H groups in total. The average Bonchev–Trinajstić information content (AvgIpc) is 3.10. The molecule has 1 aliphatic heterocycles. The molecule has 3 rings (SSSR count). The van der Waals surface area contributed by atoms with E-state index < -0.39 is 17.8 Å². The molecule has 1 heterocycles. The lowest BCUT2D eigenvalue weighted by Gasteiger charge is -2.31. The number of phenolic OH excluding ortho intramolecular Hbond substituents is 1. The van der Waals surface area contributed by atoms with Crippen molar-refractivity contribution in [2.75, 3.05) is 7.11 Å². The van der Waals surface area contributed by atoms with E-state index in [9.17, 15) is 20.1 Å². The number of hydrogen-bond donors (Lipinski definition) is 3. The van der Waals surface area contributed by atoms with Crippen molar-refractivity contribution < 1.29 is 29.6 Å². The maximum Gasteiger partial charge on any atom is 0.189 e. The topological polar surface area (TPSA) is 96.2 Å². The predicted octanol–water partition coefficient (Wildman–Crippen LogP) is 4.67. The molecule has 0 radical (unpaired) electrons. The first-order chi connectivity index (χ1) is 15.1. The van der Waals surface area contributed by atoms with Crippen molar-refractivity contribution in [1.82, 2.24) is 0 Å². The monoisotopic (exact) mass is 440 g/mol. The van der Waals surface area contributed by atoms with Crippen LogP contribution in [-0.2, 0) is 0 Å². The Morgan fingerprint density at radius 2 is 1.91 bits per heavy atom. The first-order valence-corrected chi connectivity index (χ1v) is 10.9. The molecule has 3 unspecified atom stereocenters. The highest BCUT2D eigenvalue weighted by Gasteiger charge is 2.47. The van der Waals surface area contributed by atoms with Crippen LogP contribution in [0.1, 0.15) is 67.6 Å². The van der Waals surface area contributed by atoms with Crippen molar-refractivity contribution in [3.63, 3.8) is 0 Å². The van der Waals surface area contributed by atoms with Gasteiger partial charge in [0.15, 0.2) is 11.9 Å². The van der Waals surface area contributed by atoms with Crippen molar-refractivity contribution in [2.45, 2.75) is 57.8 Å². The van der Waals surface area contributed by atoms with Crippen LogP contribution in [0.4, 0.5) is 0 Å². The van der Waals surface area contributed by atoms with E-state index in [0.717, 1.165) is 18.4 Å². The first-order valence-electron chi connectivity index (χ1n) is 10.9. The summed E-state index contributed by atoms with van der Waals surface area (Å²) < 4.78 is 11.4. The maximum absolute atomic E-state index is 13.0. The van der Waals surface area contributed by atoms with Gasteiger partial charge in [0, 0.05) is 0 Å². The summed E-state index contributed by atoms with van der Waals surface area (Å²) in [5.74, 6) is 1.01. The molecule has 0 saturated heterocycles. The van der Waals surface area contributed by atoms with E-state index in [-0.39, 0.29) is 22.8 Å². The van der Waals surface area contributed by atoms with E-state index in [0.29, 0.717) is 23.7 Å². The van der Waals surface area contributed by atoms with Crippen LogP contribution in [0.15, 0.2) is 42.5 Å². The van der Waals surface area contributed by atoms with Crippen LogP contribution < -0.4 is 9.47 Å². The molecule has 32 heavy (non-hydrogen) atoms. The van der Waals surface area contributed by atoms with Gasteiger partial charge in [-0.3, -0.25) is 4.79 Å². The van der Waals surface area contributed by atoms with Crippen LogP contribution in [0.3, 0.4) is 0 Å². The Balaban J connectivity index is 1.87. The van der Waals surface area contributed by atoms with Crippen LogP contribution in [0.25, 0.3) is 6.08 Å². The average molecular weight is 441 g/mol. The minimum Gasteiger partial charge on any atom is -0.508 e. The smallest absolute Gasteiger partial charge is 0.189 e. The standard InChI is InChI=1S/C26H32O6/c1-16(2)6-5-15-26(3,30)25-23(29)22-21(31-4)14-12-19(24(22)32-25)20(28)13-9-17-7-10-18(27)11-8-17/h7-14,16,23,25,27,29-30H,5-6,15H2,1-4H3/b13-9+. The number of phenols is 1. The summed E-state index contributed by atoms with van der Waals surface area (Å²) in [6, 6.07) is 9.71. The minimum absolute atomic E-state index is 0.148. The first kappa shape index (κ1) is 23.8. The zero-order valence-electron chi connectivity index (χ0n) is 19.0. The Labute approximate surface area is 189 Å². The second-order valence-corrected chi connectivity index (χ2v) is 8.97. The van der Waals surface area contributed by atoms with Gasteiger partial charge in [0.25, 0.3) is 0 Å². The lowest BCUT2D eigenvalue weighted by atomic mass is 9.87. The number of carbonyl (C=O) groups excluding carboxylic acids is 1. The molecule has 0 saturated carbocycles. The molecule has 0 aromatic heterocycles. The summed E-state index contributed by atoms with van der Waals surface area (Å²) in [7, 11) is 1.49. The number of rotatable bonds is 9. The number of ether oxygens (including phenoxy) is 2. The molecule has 0 bridgehead atoms. The zero-order chi connectivity index (χ0) is 23.5. The number of allylic oxidation sites excluding steroid dienone is 1. The van der Waals surface area contributed by atoms with Crippen LogP contribution in [0, 0.1) is 5.92 Å². The van der Waals surface area contributed by atoms with Gasteiger partial charge in [-0.25, -0.2) is 0 Å². The number of aliphatic hydroxyl groups is 2. The zero-order valence-corrected chi connectivity index (χ0v) is 19.0. The number of hydrogen-bond acceptors (Lipinski definition) is 6. The number of aromatic hydroxyl groups is 1. The molecular formula is C26H32O6. The second-order valence-electron chi connectivity index (χ2n) is 8.97. The number of methoxy groups -OCH3 is 1.